The maximum Gasteiger partial charge on any atom is 0.205 e. The van der Waals surface area contributed by atoms with Crippen molar-refractivity contribution >= 4 is 5.95 Å². The molecule has 0 amide bonds. The molecule has 0 atom stereocenters. The molecule has 0 saturated heterocycles. The molecule has 2 aromatic rings. The maximum absolute atomic E-state index is 5.15. The van der Waals surface area contributed by atoms with Gasteiger partial charge in [-0.2, -0.15) is 0 Å². The SMILES string of the molecule is COCCN(C)c1ncc2n1CCN(Cc1ccccc1)C2. The van der Waals surface area contributed by atoms with E-state index in [4.69, 9.17) is 4.74 Å². The highest BCUT2D eigenvalue weighted by Gasteiger charge is 2.21. The number of likely N-dealkylation sites (N-methyl/N-ethyl adjacent to an activating group) is 1. The Morgan fingerprint density at radius 2 is 2.05 bits per heavy atom. The van der Waals surface area contributed by atoms with Gasteiger partial charge in [0.15, 0.2) is 0 Å². The third-order valence-electron chi connectivity index (χ3n) is 4.16. The van der Waals surface area contributed by atoms with Gasteiger partial charge < -0.3 is 14.2 Å². The number of methoxy groups -OCH3 is 1. The van der Waals surface area contributed by atoms with Gasteiger partial charge in [-0.1, -0.05) is 30.3 Å². The van der Waals surface area contributed by atoms with Crippen LogP contribution in [0.3, 0.4) is 0 Å². The van der Waals surface area contributed by atoms with E-state index in [1.54, 1.807) is 7.11 Å². The van der Waals surface area contributed by atoms with Gasteiger partial charge in [0.1, 0.15) is 0 Å². The third-order valence-corrected chi connectivity index (χ3v) is 4.16. The number of benzene rings is 1. The Balaban J connectivity index is 1.66. The van der Waals surface area contributed by atoms with E-state index in [2.05, 4.69) is 56.7 Å². The van der Waals surface area contributed by atoms with Gasteiger partial charge in [0.2, 0.25) is 5.95 Å². The van der Waals surface area contributed by atoms with Gasteiger partial charge in [0.25, 0.3) is 0 Å². The van der Waals surface area contributed by atoms with E-state index in [0.29, 0.717) is 0 Å². The first-order valence-corrected chi connectivity index (χ1v) is 7.78. The van der Waals surface area contributed by atoms with Crippen molar-refractivity contribution in [3.8, 4) is 0 Å². The van der Waals surface area contributed by atoms with Crippen LogP contribution in [0.1, 0.15) is 11.3 Å². The summed E-state index contributed by atoms with van der Waals surface area (Å²) in [6.07, 6.45) is 2.01. The van der Waals surface area contributed by atoms with Crippen molar-refractivity contribution in [1.29, 1.82) is 0 Å². The van der Waals surface area contributed by atoms with Crippen LogP contribution in [0, 0.1) is 0 Å². The summed E-state index contributed by atoms with van der Waals surface area (Å²) in [6.45, 7) is 5.60. The Hall–Kier alpha value is -1.85. The van der Waals surface area contributed by atoms with Crippen LogP contribution in [-0.4, -0.2) is 48.3 Å². The molecule has 118 valence electrons. The summed E-state index contributed by atoms with van der Waals surface area (Å²) in [5.41, 5.74) is 2.66. The third kappa shape index (κ3) is 3.31. The van der Waals surface area contributed by atoms with E-state index < -0.39 is 0 Å². The summed E-state index contributed by atoms with van der Waals surface area (Å²) < 4.78 is 7.48. The summed E-state index contributed by atoms with van der Waals surface area (Å²) in [5, 5.41) is 0. The summed E-state index contributed by atoms with van der Waals surface area (Å²) in [6, 6.07) is 10.7. The van der Waals surface area contributed by atoms with Gasteiger partial charge >= 0.3 is 0 Å². The highest BCUT2D eigenvalue weighted by Crippen LogP contribution is 2.21. The fourth-order valence-electron chi connectivity index (χ4n) is 2.93. The van der Waals surface area contributed by atoms with E-state index in [0.717, 1.165) is 45.3 Å². The molecule has 1 aliphatic heterocycles. The fraction of sp³-hybridized carbons (Fsp3) is 0.471. The molecule has 5 nitrogen and oxygen atoms in total. The van der Waals surface area contributed by atoms with Crippen LogP contribution in [0.25, 0.3) is 0 Å². The van der Waals surface area contributed by atoms with Crippen LogP contribution in [0.4, 0.5) is 5.95 Å². The first kappa shape index (κ1) is 15.1. The fourth-order valence-corrected chi connectivity index (χ4v) is 2.93. The molecular weight excluding hydrogens is 276 g/mol. The zero-order chi connectivity index (χ0) is 15.4. The summed E-state index contributed by atoms with van der Waals surface area (Å²) in [4.78, 5) is 9.24. The number of anilines is 1. The van der Waals surface area contributed by atoms with Gasteiger partial charge in [-0.15, -0.1) is 0 Å². The average molecular weight is 300 g/mol. The molecule has 0 aliphatic carbocycles. The number of aromatic nitrogens is 2. The van der Waals surface area contributed by atoms with Crippen LogP contribution in [0.15, 0.2) is 36.5 Å². The topological polar surface area (TPSA) is 33.5 Å². The van der Waals surface area contributed by atoms with Crippen molar-refractivity contribution < 1.29 is 4.74 Å². The summed E-state index contributed by atoms with van der Waals surface area (Å²) >= 11 is 0. The molecule has 0 unspecified atom stereocenters. The Bertz CT molecular complexity index is 596. The average Bonchev–Trinajstić information content (AvgIpc) is 2.97. The van der Waals surface area contributed by atoms with Crippen molar-refractivity contribution in [2.75, 3.05) is 38.8 Å². The van der Waals surface area contributed by atoms with Crippen molar-refractivity contribution in [2.24, 2.45) is 0 Å². The van der Waals surface area contributed by atoms with Gasteiger partial charge in [-0.3, -0.25) is 4.90 Å². The molecule has 22 heavy (non-hydrogen) atoms. The van der Waals surface area contributed by atoms with E-state index in [1.165, 1.54) is 11.3 Å². The Morgan fingerprint density at radius 1 is 1.23 bits per heavy atom. The first-order valence-electron chi connectivity index (χ1n) is 7.78. The zero-order valence-electron chi connectivity index (χ0n) is 13.4. The number of rotatable bonds is 6. The second-order valence-corrected chi connectivity index (χ2v) is 5.81. The lowest BCUT2D eigenvalue weighted by Crippen LogP contribution is -2.35. The predicted molar refractivity (Wildman–Crippen MR) is 87.9 cm³/mol. The summed E-state index contributed by atoms with van der Waals surface area (Å²) in [7, 11) is 3.81. The van der Waals surface area contributed by atoms with Crippen molar-refractivity contribution in [2.45, 2.75) is 19.6 Å². The Kier molecular flexibility index (Phi) is 4.75. The summed E-state index contributed by atoms with van der Waals surface area (Å²) in [5.74, 6) is 1.05. The van der Waals surface area contributed by atoms with Crippen LogP contribution in [0.5, 0.6) is 0 Å². The quantitative estimate of drug-likeness (QED) is 0.817. The first-order chi connectivity index (χ1) is 10.8. The standard InChI is InChI=1S/C17H24N4O/c1-19(10-11-22-2)17-18-12-16-14-20(8-9-21(16)17)13-15-6-4-3-5-7-15/h3-7,12H,8-11,13-14H2,1-2H3. The van der Waals surface area contributed by atoms with Crippen molar-refractivity contribution in [3.05, 3.63) is 47.8 Å². The van der Waals surface area contributed by atoms with E-state index >= 15 is 0 Å². The molecule has 2 heterocycles. The van der Waals surface area contributed by atoms with Crippen LogP contribution in [0.2, 0.25) is 0 Å². The van der Waals surface area contributed by atoms with Gasteiger partial charge in [-0.05, 0) is 5.56 Å². The molecule has 1 aromatic carbocycles. The Morgan fingerprint density at radius 3 is 2.82 bits per heavy atom. The highest BCUT2D eigenvalue weighted by molar-refractivity contribution is 5.33. The minimum absolute atomic E-state index is 0.721. The number of hydrogen-bond acceptors (Lipinski definition) is 4. The number of imidazole rings is 1. The molecule has 1 aliphatic rings. The van der Waals surface area contributed by atoms with Crippen molar-refractivity contribution in [1.82, 2.24) is 14.5 Å². The van der Waals surface area contributed by atoms with Gasteiger partial charge in [0.05, 0.1) is 18.5 Å². The number of ether oxygens (including phenoxy) is 1. The van der Waals surface area contributed by atoms with Gasteiger partial charge in [0, 0.05) is 46.9 Å². The molecular formula is C17H24N4O. The zero-order valence-corrected chi connectivity index (χ0v) is 13.4. The smallest absolute Gasteiger partial charge is 0.205 e. The van der Waals surface area contributed by atoms with Crippen LogP contribution < -0.4 is 4.90 Å². The van der Waals surface area contributed by atoms with E-state index in [9.17, 15) is 0 Å². The van der Waals surface area contributed by atoms with Crippen LogP contribution >= 0.6 is 0 Å². The maximum atomic E-state index is 5.15. The lowest BCUT2D eigenvalue weighted by atomic mass is 10.2. The number of fused-ring (bicyclic) bond motifs is 1. The normalized spacial score (nSPS) is 14.8. The minimum atomic E-state index is 0.721. The molecule has 0 spiro atoms. The molecule has 3 rings (SSSR count). The highest BCUT2D eigenvalue weighted by atomic mass is 16.5. The second kappa shape index (κ2) is 6.94. The molecule has 1 aromatic heterocycles. The molecule has 0 saturated carbocycles. The van der Waals surface area contributed by atoms with E-state index in [-0.39, 0.29) is 0 Å². The number of hydrogen-bond donors (Lipinski definition) is 0. The molecule has 0 N–H and O–H groups in total. The second-order valence-electron chi connectivity index (χ2n) is 5.81. The lowest BCUT2D eigenvalue weighted by molar-refractivity contribution is 0.203. The minimum Gasteiger partial charge on any atom is -0.383 e. The molecule has 5 heteroatoms. The predicted octanol–water partition coefficient (Wildman–Crippen LogP) is 1.98. The molecule has 0 bridgehead atoms. The van der Waals surface area contributed by atoms with E-state index in [1.807, 2.05) is 6.20 Å². The number of nitrogens with zero attached hydrogens (tertiary/aromatic N) is 4. The van der Waals surface area contributed by atoms with Gasteiger partial charge in [-0.25, -0.2) is 4.98 Å². The monoisotopic (exact) mass is 300 g/mol. The lowest BCUT2D eigenvalue weighted by Gasteiger charge is -2.30. The Labute approximate surface area is 132 Å². The molecule has 0 fully saturated rings. The van der Waals surface area contributed by atoms with Crippen molar-refractivity contribution in [3.63, 3.8) is 0 Å². The molecule has 0 radical (unpaired) electrons. The van der Waals surface area contributed by atoms with Crippen LogP contribution in [-0.2, 0) is 24.4 Å². The largest absolute Gasteiger partial charge is 0.383 e.